The number of nitrogens with zero attached hydrogens (tertiary/aromatic N) is 3. The third-order valence-corrected chi connectivity index (χ3v) is 6.03. The lowest BCUT2D eigenvalue weighted by Gasteiger charge is -2.28. The number of rotatable bonds is 8. The van der Waals surface area contributed by atoms with Gasteiger partial charge in [-0.15, -0.1) is 0 Å². The number of aromatic nitrogens is 2. The number of benzene rings is 1. The van der Waals surface area contributed by atoms with Crippen molar-refractivity contribution >= 4 is 21.8 Å². The lowest BCUT2D eigenvalue weighted by atomic mass is 10.1. The predicted molar refractivity (Wildman–Crippen MR) is 110 cm³/mol. The Bertz CT molecular complexity index is 898. The smallest absolute Gasteiger partial charge is 0.240 e. The minimum atomic E-state index is -3.60. The van der Waals surface area contributed by atoms with Crippen LogP contribution in [0.4, 0.5) is 11.8 Å². The summed E-state index contributed by atoms with van der Waals surface area (Å²) < 4.78 is 32.4. The van der Waals surface area contributed by atoms with Gasteiger partial charge in [-0.2, -0.15) is 4.98 Å². The first-order valence-corrected chi connectivity index (χ1v) is 10.9. The van der Waals surface area contributed by atoms with E-state index in [1.165, 1.54) is 38.5 Å². The van der Waals surface area contributed by atoms with E-state index in [0.29, 0.717) is 18.2 Å². The second-order valence-corrected chi connectivity index (χ2v) is 8.51. The largest absolute Gasteiger partial charge is 0.497 e. The van der Waals surface area contributed by atoms with Gasteiger partial charge in [-0.3, -0.25) is 0 Å². The number of methoxy groups -OCH3 is 1. The van der Waals surface area contributed by atoms with E-state index in [4.69, 9.17) is 4.74 Å². The fourth-order valence-electron chi connectivity index (χ4n) is 3.13. The van der Waals surface area contributed by atoms with Crippen LogP contribution in [0.15, 0.2) is 35.2 Å². The van der Waals surface area contributed by atoms with Crippen LogP contribution in [-0.4, -0.2) is 51.7 Å². The number of anilines is 2. The van der Waals surface area contributed by atoms with Gasteiger partial charge in [0.05, 0.1) is 12.0 Å². The van der Waals surface area contributed by atoms with Crippen LogP contribution in [0.5, 0.6) is 5.75 Å². The molecule has 3 rings (SSSR count). The molecule has 0 unspecified atom stereocenters. The highest BCUT2D eigenvalue weighted by atomic mass is 32.2. The van der Waals surface area contributed by atoms with E-state index in [2.05, 4.69) is 24.9 Å². The summed E-state index contributed by atoms with van der Waals surface area (Å²) in [4.78, 5) is 11.4. The molecule has 2 aromatic rings. The number of hydrogen-bond donors (Lipinski definition) is 2. The number of nitrogens with one attached hydrogen (secondary N) is 2. The number of ether oxygens (including phenoxy) is 1. The van der Waals surface area contributed by atoms with E-state index >= 15 is 0 Å². The summed E-state index contributed by atoms with van der Waals surface area (Å²) in [6.07, 6.45) is 3.62. The molecule has 9 heteroatoms. The summed E-state index contributed by atoms with van der Waals surface area (Å²) in [7, 11) is -2.10. The Morgan fingerprint density at radius 3 is 2.64 bits per heavy atom. The van der Waals surface area contributed by atoms with Crippen molar-refractivity contribution in [2.45, 2.75) is 31.1 Å². The zero-order chi connectivity index (χ0) is 20.0. The second-order valence-electron chi connectivity index (χ2n) is 6.74. The summed E-state index contributed by atoms with van der Waals surface area (Å²) in [5.74, 6) is 1.94. The minimum Gasteiger partial charge on any atom is -0.497 e. The molecule has 1 aliphatic heterocycles. The highest BCUT2D eigenvalue weighted by molar-refractivity contribution is 7.89. The molecule has 28 heavy (non-hydrogen) atoms. The Morgan fingerprint density at radius 1 is 1.11 bits per heavy atom. The number of aryl methyl sites for hydroxylation is 1. The van der Waals surface area contributed by atoms with Crippen molar-refractivity contribution < 1.29 is 13.2 Å². The highest BCUT2D eigenvalue weighted by Gasteiger charge is 2.15. The average molecular weight is 406 g/mol. The van der Waals surface area contributed by atoms with E-state index in [9.17, 15) is 8.42 Å². The number of hydrogen-bond acceptors (Lipinski definition) is 7. The Kier molecular flexibility index (Phi) is 6.69. The molecule has 2 heterocycles. The van der Waals surface area contributed by atoms with Gasteiger partial charge < -0.3 is 15.0 Å². The van der Waals surface area contributed by atoms with E-state index < -0.39 is 10.0 Å². The monoisotopic (exact) mass is 405 g/mol. The Hall–Kier alpha value is -2.39. The highest BCUT2D eigenvalue weighted by Crippen LogP contribution is 2.20. The standard InChI is InChI=1S/C19H27N5O3S/c1-15-13-18(24-11-4-3-5-12-24)23-19(22-15)20-9-10-21-28(25,26)17-8-6-7-16(14-17)27-2/h6-8,13-14,21H,3-5,9-12H2,1-2H3,(H,20,22,23). The molecule has 1 saturated heterocycles. The van der Waals surface area contributed by atoms with Crippen LogP contribution in [0.3, 0.4) is 0 Å². The van der Waals surface area contributed by atoms with Gasteiger partial charge in [-0.25, -0.2) is 18.1 Å². The van der Waals surface area contributed by atoms with E-state index in [-0.39, 0.29) is 11.4 Å². The van der Waals surface area contributed by atoms with Crippen LogP contribution in [0.1, 0.15) is 25.0 Å². The molecular formula is C19H27N5O3S. The molecule has 8 nitrogen and oxygen atoms in total. The van der Waals surface area contributed by atoms with E-state index in [1.807, 2.05) is 13.0 Å². The van der Waals surface area contributed by atoms with Crippen molar-refractivity contribution in [3.05, 3.63) is 36.0 Å². The van der Waals surface area contributed by atoms with E-state index in [1.54, 1.807) is 12.1 Å². The van der Waals surface area contributed by atoms with Gasteiger partial charge in [0, 0.05) is 44.0 Å². The van der Waals surface area contributed by atoms with Crippen molar-refractivity contribution in [3.8, 4) is 5.75 Å². The van der Waals surface area contributed by atoms with Crippen molar-refractivity contribution in [2.24, 2.45) is 0 Å². The molecule has 1 fully saturated rings. The summed E-state index contributed by atoms with van der Waals surface area (Å²) >= 11 is 0. The fraction of sp³-hybridized carbons (Fsp3) is 0.474. The lowest BCUT2D eigenvalue weighted by molar-refractivity contribution is 0.413. The first-order valence-electron chi connectivity index (χ1n) is 9.46. The molecule has 0 amide bonds. The molecular weight excluding hydrogens is 378 g/mol. The second kappa shape index (κ2) is 9.20. The van der Waals surface area contributed by atoms with Crippen LogP contribution in [0.2, 0.25) is 0 Å². The lowest BCUT2D eigenvalue weighted by Crippen LogP contribution is -2.31. The molecule has 1 aromatic heterocycles. The summed E-state index contributed by atoms with van der Waals surface area (Å²) in [5, 5.41) is 3.11. The third-order valence-electron chi connectivity index (χ3n) is 4.57. The number of sulfonamides is 1. The summed E-state index contributed by atoms with van der Waals surface area (Å²) in [5.41, 5.74) is 0.884. The molecule has 0 radical (unpaired) electrons. The SMILES string of the molecule is COc1cccc(S(=O)(=O)NCCNc2nc(C)cc(N3CCCCC3)n2)c1. The maximum absolute atomic E-state index is 12.4. The zero-order valence-corrected chi connectivity index (χ0v) is 17.1. The molecule has 0 spiro atoms. The quantitative estimate of drug-likeness (QED) is 0.650. The third kappa shape index (κ3) is 5.32. The fourth-order valence-corrected chi connectivity index (χ4v) is 4.19. The minimum absolute atomic E-state index is 0.172. The van der Waals surface area contributed by atoms with Crippen LogP contribution >= 0.6 is 0 Å². The predicted octanol–water partition coefficient (Wildman–Crippen LogP) is 2.17. The van der Waals surface area contributed by atoms with Gasteiger partial charge in [0.2, 0.25) is 16.0 Å². The molecule has 152 valence electrons. The van der Waals surface area contributed by atoms with Crippen LogP contribution in [0.25, 0.3) is 0 Å². The molecule has 0 aliphatic carbocycles. The Balaban J connectivity index is 1.56. The molecule has 2 N–H and O–H groups in total. The maximum atomic E-state index is 12.4. The molecule has 1 aromatic carbocycles. The van der Waals surface area contributed by atoms with Gasteiger partial charge in [-0.1, -0.05) is 6.07 Å². The van der Waals surface area contributed by atoms with Gasteiger partial charge in [0.1, 0.15) is 11.6 Å². The van der Waals surface area contributed by atoms with Crippen LogP contribution in [-0.2, 0) is 10.0 Å². The normalized spacial score (nSPS) is 14.7. The zero-order valence-electron chi connectivity index (χ0n) is 16.3. The van der Waals surface area contributed by atoms with Gasteiger partial charge in [-0.05, 0) is 38.3 Å². The first kappa shape index (κ1) is 20.3. The summed E-state index contributed by atoms with van der Waals surface area (Å²) in [6, 6.07) is 8.36. The first-order chi connectivity index (χ1) is 13.5. The number of piperidine rings is 1. The van der Waals surface area contributed by atoms with Crippen LogP contribution < -0.4 is 19.7 Å². The van der Waals surface area contributed by atoms with Crippen molar-refractivity contribution in [1.29, 1.82) is 0 Å². The Labute approximate surface area is 166 Å². The Morgan fingerprint density at radius 2 is 1.89 bits per heavy atom. The molecule has 0 saturated carbocycles. The molecule has 0 atom stereocenters. The van der Waals surface area contributed by atoms with Crippen molar-refractivity contribution in [2.75, 3.05) is 43.5 Å². The van der Waals surface area contributed by atoms with Gasteiger partial charge in [0.15, 0.2) is 0 Å². The summed E-state index contributed by atoms with van der Waals surface area (Å²) in [6.45, 7) is 4.56. The van der Waals surface area contributed by atoms with Gasteiger partial charge >= 0.3 is 0 Å². The topological polar surface area (TPSA) is 96.5 Å². The molecule has 0 bridgehead atoms. The van der Waals surface area contributed by atoms with Gasteiger partial charge in [0.25, 0.3) is 0 Å². The average Bonchev–Trinajstić information content (AvgIpc) is 2.71. The van der Waals surface area contributed by atoms with Crippen molar-refractivity contribution in [1.82, 2.24) is 14.7 Å². The van der Waals surface area contributed by atoms with Crippen molar-refractivity contribution in [3.63, 3.8) is 0 Å². The maximum Gasteiger partial charge on any atom is 0.240 e. The van der Waals surface area contributed by atoms with E-state index in [0.717, 1.165) is 24.6 Å². The molecule has 1 aliphatic rings. The van der Waals surface area contributed by atoms with Crippen LogP contribution in [0, 0.1) is 6.92 Å².